The molecule has 19 heavy (non-hydrogen) atoms. The number of aliphatic hydroxyl groups excluding tert-OH is 1. The number of nitrogens with two attached hydrogens (primary N) is 1. The highest BCUT2D eigenvalue weighted by Crippen LogP contribution is 2.13. The largest absolute Gasteiger partial charge is 0.494 e. The lowest BCUT2D eigenvalue weighted by Crippen LogP contribution is -2.33. The lowest BCUT2D eigenvalue weighted by Gasteiger charge is -2.26. The van der Waals surface area contributed by atoms with E-state index in [1.165, 1.54) is 0 Å². The minimum absolute atomic E-state index is 0.255. The molecule has 0 fully saturated rings. The molecule has 0 unspecified atom stereocenters. The first-order valence-electron chi connectivity index (χ1n) is 6.96. The predicted molar refractivity (Wildman–Crippen MR) is 79.4 cm³/mol. The Morgan fingerprint density at radius 3 is 2.37 bits per heavy atom. The molecular weight excluding hydrogens is 240 g/mol. The van der Waals surface area contributed by atoms with Crippen molar-refractivity contribution < 1.29 is 9.84 Å². The number of nitrogens with zero attached hydrogens (tertiary/aromatic N) is 1. The Labute approximate surface area is 116 Å². The fraction of sp³-hybridized carbons (Fsp3) is 0.600. The molecule has 0 heterocycles. The van der Waals surface area contributed by atoms with Crippen molar-refractivity contribution in [2.24, 2.45) is 0 Å². The van der Waals surface area contributed by atoms with Crippen LogP contribution in [0.4, 0.5) is 5.69 Å². The van der Waals surface area contributed by atoms with Gasteiger partial charge in [0, 0.05) is 31.4 Å². The summed E-state index contributed by atoms with van der Waals surface area (Å²) in [7, 11) is 0. The lowest BCUT2D eigenvalue weighted by atomic mass is 10.2. The zero-order valence-corrected chi connectivity index (χ0v) is 12.0. The van der Waals surface area contributed by atoms with E-state index in [1.807, 2.05) is 24.3 Å². The van der Waals surface area contributed by atoms with Crippen LogP contribution in [0.2, 0.25) is 0 Å². The maximum absolute atomic E-state index is 8.88. The Kier molecular flexibility index (Phi) is 7.30. The molecule has 1 aromatic rings. The number of aliphatic hydroxyl groups is 1. The molecule has 0 aliphatic carbocycles. The average Bonchev–Trinajstić information content (AvgIpc) is 2.39. The molecule has 0 spiro atoms. The third kappa shape index (κ3) is 6.45. The minimum atomic E-state index is 0.255. The van der Waals surface area contributed by atoms with E-state index in [2.05, 4.69) is 18.7 Å². The van der Waals surface area contributed by atoms with Gasteiger partial charge in [-0.25, -0.2) is 0 Å². The molecule has 0 aliphatic rings. The van der Waals surface area contributed by atoms with E-state index in [0.717, 1.165) is 37.4 Å². The average molecular weight is 266 g/mol. The van der Waals surface area contributed by atoms with Gasteiger partial charge in [-0.2, -0.15) is 0 Å². The summed E-state index contributed by atoms with van der Waals surface area (Å²) in [5, 5.41) is 8.88. The Balaban J connectivity index is 2.22. The summed E-state index contributed by atoms with van der Waals surface area (Å²) in [5.74, 6) is 0.862. The molecular formula is C15H26N2O2. The summed E-state index contributed by atoms with van der Waals surface area (Å²) >= 11 is 0. The highest BCUT2D eigenvalue weighted by Gasteiger charge is 2.08. The first kappa shape index (κ1) is 15.8. The van der Waals surface area contributed by atoms with Crippen LogP contribution < -0.4 is 10.5 Å². The van der Waals surface area contributed by atoms with Gasteiger partial charge in [-0.3, -0.25) is 0 Å². The van der Waals surface area contributed by atoms with Crippen molar-refractivity contribution in [1.82, 2.24) is 4.90 Å². The molecule has 0 atom stereocenters. The van der Waals surface area contributed by atoms with Gasteiger partial charge in [0.2, 0.25) is 0 Å². The monoisotopic (exact) mass is 266 g/mol. The first-order valence-corrected chi connectivity index (χ1v) is 6.96. The lowest BCUT2D eigenvalue weighted by molar-refractivity contribution is 0.177. The van der Waals surface area contributed by atoms with E-state index >= 15 is 0 Å². The first-order chi connectivity index (χ1) is 9.13. The molecule has 0 saturated heterocycles. The summed E-state index contributed by atoms with van der Waals surface area (Å²) in [4.78, 5) is 2.36. The van der Waals surface area contributed by atoms with Crippen molar-refractivity contribution in [2.45, 2.75) is 32.7 Å². The van der Waals surface area contributed by atoms with Crippen molar-refractivity contribution in [3.8, 4) is 5.75 Å². The highest BCUT2D eigenvalue weighted by molar-refractivity contribution is 5.41. The number of nitrogen functional groups attached to an aromatic ring is 1. The molecule has 0 amide bonds. The fourth-order valence-electron chi connectivity index (χ4n) is 1.92. The van der Waals surface area contributed by atoms with Crippen molar-refractivity contribution in [2.75, 3.05) is 32.0 Å². The van der Waals surface area contributed by atoms with Gasteiger partial charge in [-0.05, 0) is 51.0 Å². The van der Waals surface area contributed by atoms with Crippen LogP contribution in [-0.4, -0.2) is 42.4 Å². The van der Waals surface area contributed by atoms with Crippen LogP contribution in [0.1, 0.15) is 26.7 Å². The summed E-state index contributed by atoms with van der Waals surface area (Å²) in [6.07, 6.45) is 1.81. The smallest absolute Gasteiger partial charge is 0.119 e. The van der Waals surface area contributed by atoms with Gasteiger partial charge < -0.3 is 20.5 Å². The van der Waals surface area contributed by atoms with Gasteiger partial charge in [-0.15, -0.1) is 0 Å². The van der Waals surface area contributed by atoms with Gasteiger partial charge in [0.25, 0.3) is 0 Å². The maximum Gasteiger partial charge on any atom is 0.119 e. The number of rotatable bonds is 9. The standard InChI is InChI=1S/C15H26N2O2/c1-13(2)17(9-3-11-18)10-4-12-19-15-7-5-14(16)6-8-15/h5-8,13,18H,3-4,9-12,16H2,1-2H3. The van der Waals surface area contributed by atoms with Gasteiger partial charge in [0.15, 0.2) is 0 Å². The van der Waals surface area contributed by atoms with Crippen LogP contribution in [0, 0.1) is 0 Å². The van der Waals surface area contributed by atoms with Gasteiger partial charge in [-0.1, -0.05) is 0 Å². The van der Waals surface area contributed by atoms with E-state index in [0.29, 0.717) is 12.6 Å². The van der Waals surface area contributed by atoms with Crippen LogP contribution >= 0.6 is 0 Å². The van der Waals surface area contributed by atoms with Crippen molar-refractivity contribution in [3.63, 3.8) is 0 Å². The normalized spacial score (nSPS) is 11.2. The van der Waals surface area contributed by atoms with E-state index in [-0.39, 0.29) is 6.61 Å². The van der Waals surface area contributed by atoms with E-state index in [1.54, 1.807) is 0 Å². The van der Waals surface area contributed by atoms with Gasteiger partial charge in [0.1, 0.15) is 5.75 Å². The molecule has 0 radical (unpaired) electrons. The highest BCUT2D eigenvalue weighted by atomic mass is 16.5. The molecule has 4 heteroatoms. The van der Waals surface area contributed by atoms with E-state index < -0.39 is 0 Å². The second-order valence-corrected chi connectivity index (χ2v) is 4.98. The molecule has 3 N–H and O–H groups in total. The molecule has 4 nitrogen and oxygen atoms in total. The third-order valence-electron chi connectivity index (χ3n) is 3.07. The number of hydrogen-bond acceptors (Lipinski definition) is 4. The Bertz CT molecular complexity index is 339. The third-order valence-corrected chi connectivity index (χ3v) is 3.07. The van der Waals surface area contributed by atoms with Gasteiger partial charge in [0.05, 0.1) is 6.61 Å². The van der Waals surface area contributed by atoms with Crippen LogP contribution in [0.25, 0.3) is 0 Å². The topological polar surface area (TPSA) is 58.7 Å². The summed E-state index contributed by atoms with van der Waals surface area (Å²) in [6.45, 7) is 7.25. The molecule has 1 rings (SSSR count). The number of benzene rings is 1. The van der Waals surface area contributed by atoms with E-state index in [9.17, 15) is 0 Å². The van der Waals surface area contributed by atoms with E-state index in [4.69, 9.17) is 15.6 Å². The molecule has 108 valence electrons. The molecule has 0 bridgehead atoms. The molecule has 1 aromatic carbocycles. The van der Waals surface area contributed by atoms with Gasteiger partial charge >= 0.3 is 0 Å². The predicted octanol–water partition coefficient (Wildman–Crippen LogP) is 2.13. The summed E-state index contributed by atoms with van der Waals surface area (Å²) in [5.41, 5.74) is 6.37. The Morgan fingerprint density at radius 1 is 1.16 bits per heavy atom. The molecule has 0 aliphatic heterocycles. The second-order valence-electron chi connectivity index (χ2n) is 4.98. The number of anilines is 1. The van der Waals surface area contributed by atoms with Crippen molar-refractivity contribution >= 4 is 5.69 Å². The fourth-order valence-corrected chi connectivity index (χ4v) is 1.92. The minimum Gasteiger partial charge on any atom is -0.494 e. The zero-order valence-electron chi connectivity index (χ0n) is 12.0. The maximum atomic E-state index is 8.88. The quantitative estimate of drug-likeness (QED) is 0.531. The van der Waals surface area contributed by atoms with Crippen LogP contribution in [0.15, 0.2) is 24.3 Å². The van der Waals surface area contributed by atoms with Crippen LogP contribution in [-0.2, 0) is 0 Å². The van der Waals surface area contributed by atoms with Crippen LogP contribution in [0.5, 0.6) is 5.75 Å². The SMILES string of the molecule is CC(C)N(CCCO)CCCOc1ccc(N)cc1. The summed E-state index contributed by atoms with van der Waals surface area (Å²) in [6, 6.07) is 7.97. The van der Waals surface area contributed by atoms with Crippen molar-refractivity contribution in [1.29, 1.82) is 0 Å². The summed E-state index contributed by atoms with van der Waals surface area (Å²) < 4.78 is 5.66. The van der Waals surface area contributed by atoms with Crippen LogP contribution in [0.3, 0.4) is 0 Å². The Hall–Kier alpha value is -1.26. The van der Waals surface area contributed by atoms with Crippen molar-refractivity contribution in [3.05, 3.63) is 24.3 Å². The number of ether oxygens (including phenoxy) is 1. The number of hydrogen-bond donors (Lipinski definition) is 2. The zero-order chi connectivity index (χ0) is 14.1. The Morgan fingerprint density at radius 2 is 1.79 bits per heavy atom. The molecule has 0 aromatic heterocycles. The second kappa shape index (κ2) is 8.77. The molecule has 0 saturated carbocycles.